The third-order valence-electron chi connectivity index (χ3n) is 2.74. The third-order valence-corrected chi connectivity index (χ3v) is 3.35. The highest BCUT2D eigenvalue weighted by atomic mass is 32.2. The Bertz CT molecular complexity index is 572. The highest BCUT2D eigenvalue weighted by Crippen LogP contribution is 2.39. The van der Waals surface area contributed by atoms with E-state index in [1.807, 2.05) is 0 Å². The summed E-state index contributed by atoms with van der Waals surface area (Å²) in [4.78, 5) is 0. The molecule has 1 aromatic carbocycles. The fourth-order valence-corrected chi connectivity index (χ4v) is 2.74. The molecular formula is C11H15FN2O3S. The molecule has 0 aliphatic carbocycles. The fraction of sp³-hybridized carbons (Fsp3) is 0.455. The lowest BCUT2D eigenvalue weighted by molar-refractivity contribution is 0.0697. The SMILES string of the molecule is CC1(C)C[C@@H](NS(N)(=O)=O)c2ccc(F)cc2O1. The van der Waals surface area contributed by atoms with Crippen molar-refractivity contribution in [2.24, 2.45) is 5.14 Å². The van der Waals surface area contributed by atoms with Crippen molar-refractivity contribution in [2.45, 2.75) is 31.9 Å². The minimum absolute atomic E-state index is 0.340. The molecule has 1 aliphatic heterocycles. The second kappa shape index (κ2) is 4.18. The highest BCUT2D eigenvalue weighted by molar-refractivity contribution is 7.87. The van der Waals surface area contributed by atoms with Gasteiger partial charge >= 0.3 is 0 Å². The molecule has 3 N–H and O–H groups in total. The average Bonchev–Trinajstić information content (AvgIpc) is 2.11. The van der Waals surface area contributed by atoms with E-state index in [1.165, 1.54) is 18.2 Å². The molecule has 0 unspecified atom stereocenters. The van der Waals surface area contributed by atoms with Crippen LogP contribution < -0.4 is 14.6 Å². The van der Waals surface area contributed by atoms with Crippen molar-refractivity contribution in [3.63, 3.8) is 0 Å². The second-order valence-electron chi connectivity index (χ2n) is 4.96. The van der Waals surface area contributed by atoms with Crippen molar-refractivity contribution in [1.29, 1.82) is 0 Å². The van der Waals surface area contributed by atoms with Crippen molar-refractivity contribution in [1.82, 2.24) is 4.72 Å². The highest BCUT2D eigenvalue weighted by Gasteiger charge is 2.35. The number of benzene rings is 1. The first-order valence-corrected chi connectivity index (χ1v) is 6.99. The van der Waals surface area contributed by atoms with Crippen LogP contribution in [-0.2, 0) is 10.2 Å². The summed E-state index contributed by atoms with van der Waals surface area (Å²) in [5.41, 5.74) is -0.00637. The quantitative estimate of drug-likeness (QED) is 0.850. The van der Waals surface area contributed by atoms with Gasteiger partial charge in [0.25, 0.3) is 10.2 Å². The van der Waals surface area contributed by atoms with Crippen molar-refractivity contribution < 1.29 is 17.5 Å². The zero-order chi connectivity index (χ0) is 13.6. The topological polar surface area (TPSA) is 81.4 Å². The van der Waals surface area contributed by atoms with Gasteiger partial charge in [0.1, 0.15) is 17.2 Å². The van der Waals surface area contributed by atoms with E-state index in [0.717, 1.165) is 0 Å². The Balaban J connectivity index is 2.44. The lowest BCUT2D eigenvalue weighted by Gasteiger charge is -2.37. The maximum atomic E-state index is 13.2. The number of nitrogens with two attached hydrogens (primary N) is 1. The van der Waals surface area contributed by atoms with Gasteiger partial charge in [0.05, 0.1) is 6.04 Å². The summed E-state index contributed by atoms with van der Waals surface area (Å²) in [7, 11) is -3.83. The standard InChI is InChI=1S/C11H15FN2O3S/c1-11(2)6-9(14-18(13,15)16)8-4-3-7(12)5-10(8)17-11/h3-5,9,14H,6H2,1-2H3,(H2,13,15,16)/t9-/m1/s1. The van der Waals surface area contributed by atoms with Crippen LogP contribution in [0.4, 0.5) is 4.39 Å². The molecular weight excluding hydrogens is 259 g/mol. The molecule has 5 nitrogen and oxygen atoms in total. The molecule has 1 aromatic rings. The molecule has 0 saturated heterocycles. The lowest BCUT2D eigenvalue weighted by atomic mass is 9.90. The molecule has 1 atom stereocenters. The summed E-state index contributed by atoms with van der Waals surface area (Å²) in [5.74, 6) is -0.0896. The Hall–Kier alpha value is -1.18. The van der Waals surface area contributed by atoms with Crippen molar-refractivity contribution in [3.8, 4) is 5.75 Å². The van der Waals surface area contributed by atoms with E-state index in [1.54, 1.807) is 13.8 Å². The van der Waals surface area contributed by atoms with Crippen LogP contribution in [0.2, 0.25) is 0 Å². The molecule has 7 heteroatoms. The molecule has 0 radical (unpaired) electrons. The Morgan fingerprint density at radius 1 is 1.50 bits per heavy atom. The largest absolute Gasteiger partial charge is 0.487 e. The molecule has 0 saturated carbocycles. The Morgan fingerprint density at radius 2 is 2.17 bits per heavy atom. The first kappa shape index (κ1) is 13.3. The summed E-state index contributed by atoms with van der Waals surface area (Å²) < 4.78 is 43.4. The summed E-state index contributed by atoms with van der Waals surface area (Å²) in [6.45, 7) is 3.61. The van der Waals surface area contributed by atoms with Crippen LogP contribution >= 0.6 is 0 Å². The average molecular weight is 274 g/mol. The molecule has 0 bridgehead atoms. The van der Waals surface area contributed by atoms with Crippen LogP contribution in [-0.4, -0.2) is 14.0 Å². The van der Waals surface area contributed by atoms with E-state index in [0.29, 0.717) is 17.7 Å². The Morgan fingerprint density at radius 3 is 2.78 bits per heavy atom. The molecule has 0 spiro atoms. The first-order chi connectivity index (χ1) is 8.16. The van der Waals surface area contributed by atoms with Gasteiger partial charge in [0, 0.05) is 18.1 Å². The third kappa shape index (κ3) is 2.98. The minimum Gasteiger partial charge on any atom is -0.487 e. The second-order valence-corrected chi connectivity index (χ2v) is 6.29. The number of fused-ring (bicyclic) bond motifs is 1. The summed E-state index contributed by atoms with van der Waals surface area (Å²) >= 11 is 0. The Labute approximate surface area is 105 Å². The molecule has 18 heavy (non-hydrogen) atoms. The summed E-state index contributed by atoms with van der Waals surface area (Å²) in [6, 6.07) is 3.49. The van der Waals surface area contributed by atoms with E-state index < -0.39 is 27.7 Å². The fourth-order valence-electron chi connectivity index (χ4n) is 2.13. The summed E-state index contributed by atoms with van der Waals surface area (Å²) in [6.07, 6.45) is 0.419. The van der Waals surface area contributed by atoms with Gasteiger partial charge in [-0.2, -0.15) is 13.1 Å². The van der Waals surface area contributed by atoms with Crippen LogP contribution in [0.3, 0.4) is 0 Å². The van der Waals surface area contributed by atoms with Crippen LogP contribution in [0, 0.1) is 5.82 Å². The minimum atomic E-state index is -3.83. The van der Waals surface area contributed by atoms with Crippen LogP contribution in [0.1, 0.15) is 31.9 Å². The van der Waals surface area contributed by atoms with Gasteiger partial charge in [-0.15, -0.1) is 0 Å². The lowest BCUT2D eigenvalue weighted by Crippen LogP contribution is -2.43. The predicted molar refractivity (Wildman–Crippen MR) is 64.7 cm³/mol. The van der Waals surface area contributed by atoms with Crippen molar-refractivity contribution in [2.75, 3.05) is 0 Å². The van der Waals surface area contributed by atoms with E-state index in [9.17, 15) is 12.8 Å². The molecule has 100 valence electrons. The van der Waals surface area contributed by atoms with Crippen LogP contribution in [0.5, 0.6) is 5.75 Å². The van der Waals surface area contributed by atoms with E-state index in [4.69, 9.17) is 9.88 Å². The van der Waals surface area contributed by atoms with Gasteiger partial charge in [-0.25, -0.2) is 9.53 Å². The van der Waals surface area contributed by atoms with E-state index in [-0.39, 0.29) is 0 Å². The summed E-state index contributed by atoms with van der Waals surface area (Å²) in [5, 5.41) is 4.99. The normalized spacial score (nSPS) is 22.1. The van der Waals surface area contributed by atoms with Gasteiger partial charge in [0.15, 0.2) is 0 Å². The predicted octanol–water partition coefficient (Wildman–Crippen LogP) is 1.22. The smallest absolute Gasteiger partial charge is 0.274 e. The number of hydrogen-bond donors (Lipinski definition) is 2. The van der Waals surface area contributed by atoms with Crippen molar-refractivity contribution in [3.05, 3.63) is 29.6 Å². The molecule has 0 amide bonds. The number of rotatable bonds is 2. The molecule has 0 fully saturated rings. The van der Waals surface area contributed by atoms with Gasteiger partial charge in [-0.05, 0) is 19.9 Å². The number of hydrogen-bond acceptors (Lipinski definition) is 3. The maximum Gasteiger partial charge on any atom is 0.274 e. The Kier molecular flexibility index (Phi) is 3.08. The van der Waals surface area contributed by atoms with Gasteiger partial charge in [-0.3, -0.25) is 0 Å². The first-order valence-electron chi connectivity index (χ1n) is 5.45. The van der Waals surface area contributed by atoms with Crippen LogP contribution in [0.15, 0.2) is 18.2 Å². The van der Waals surface area contributed by atoms with Crippen LogP contribution in [0.25, 0.3) is 0 Å². The molecule has 1 aliphatic rings. The number of halogens is 1. The number of nitrogens with one attached hydrogen (secondary N) is 1. The van der Waals surface area contributed by atoms with E-state index >= 15 is 0 Å². The molecule has 1 heterocycles. The molecule has 0 aromatic heterocycles. The van der Waals surface area contributed by atoms with E-state index in [2.05, 4.69) is 4.72 Å². The zero-order valence-corrected chi connectivity index (χ0v) is 10.9. The molecule has 2 rings (SSSR count). The maximum absolute atomic E-state index is 13.2. The zero-order valence-electron chi connectivity index (χ0n) is 10.1. The van der Waals surface area contributed by atoms with Gasteiger partial charge < -0.3 is 4.74 Å². The number of ether oxygens (including phenoxy) is 1. The van der Waals surface area contributed by atoms with Crippen molar-refractivity contribution >= 4 is 10.2 Å². The monoisotopic (exact) mass is 274 g/mol. The van der Waals surface area contributed by atoms with Gasteiger partial charge in [-0.1, -0.05) is 6.07 Å². The van der Waals surface area contributed by atoms with Gasteiger partial charge in [0.2, 0.25) is 0 Å².